The van der Waals surface area contributed by atoms with Gasteiger partial charge >= 0.3 is 0 Å². The van der Waals surface area contributed by atoms with Gasteiger partial charge < -0.3 is 0 Å². The lowest BCUT2D eigenvalue weighted by molar-refractivity contribution is -0.687. The van der Waals surface area contributed by atoms with E-state index in [4.69, 9.17) is 9.97 Å². The minimum absolute atomic E-state index is 0.816. The van der Waals surface area contributed by atoms with E-state index >= 15 is 0 Å². The van der Waals surface area contributed by atoms with Gasteiger partial charge in [0.25, 0.3) is 12.7 Å². The number of rotatable bonds is 6. The molecule has 3 aromatic carbocycles. The van der Waals surface area contributed by atoms with Gasteiger partial charge in [0.1, 0.15) is 48.9 Å². The van der Waals surface area contributed by atoms with E-state index in [-0.39, 0.29) is 0 Å². The van der Waals surface area contributed by atoms with Crippen LogP contribution in [-0.2, 0) is 13.1 Å². The van der Waals surface area contributed by atoms with Crippen LogP contribution in [0.4, 0.5) is 0 Å². The second kappa shape index (κ2) is 9.41. The number of pyridine rings is 2. The van der Waals surface area contributed by atoms with E-state index in [1.807, 2.05) is 24.5 Å². The summed E-state index contributed by atoms with van der Waals surface area (Å²) in [4.78, 5) is 10.1. The fourth-order valence-corrected chi connectivity index (χ4v) is 4.87. The highest BCUT2D eigenvalue weighted by Gasteiger charge is 2.14. The van der Waals surface area contributed by atoms with E-state index in [9.17, 15) is 0 Å². The summed E-state index contributed by atoms with van der Waals surface area (Å²) in [6, 6.07) is 33.5. The molecule has 0 saturated carbocycles. The average molecular weight is 495 g/mol. The third kappa shape index (κ3) is 4.33. The van der Waals surface area contributed by atoms with Crippen molar-refractivity contribution in [3.05, 3.63) is 146 Å². The minimum atomic E-state index is 0.816. The molecule has 0 N–H and O–H groups in total. The van der Waals surface area contributed by atoms with Crippen LogP contribution in [0.25, 0.3) is 33.4 Å². The van der Waals surface area contributed by atoms with Crippen molar-refractivity contribution < 1.29 is 9.13 Å². The summed E-state index contributed by atoms with van der Waals surface area (Å²) in [6.07, 6.45) is 12.4. The van der Waals surface area contributed by atoms with Gasteiger partial charge in [-0.3, -0.25) is 0 Å². The van der Waals surface area contributed by atoms with Gasteiger partial charge in [0.2, 0.25) is 11.6 Å². The zero-order valence-electron chi connectivity index (χ0n) is 20.8. The van der Waals surface area contributed by atoms with Gasteiger partial charge in [-0.2, -0.15) is 9.13 Å². The standard InChI is InChI=1S/C32H26N6/c1-3-7-25(8-4-1)21-35-17-19-37(23-35)29-15-13-27-11-12-28-14-16-30(34-32(28)31(27)33-29)38-20-18-36(24-38)22-26-9-5-2-6-10-26/h1-20,23-24H,21-22H2/q+2. The lowest BCUT2D eigenvalue weighted by Crippen LogP contribution is -2.31. The van der Waals surface area contributed by atoms with Crippen molar-refractivity contribution >= 4 is 21.8 Å². The SMILES string of the molecule is c1ccc(C[n+]2ccn(-c3ccc4ccc5ccc(-n6cc[n+](Cc7ccccc7)c6)nc5c4n3)c2)cc1. The second-order valence-electron chi connectivity index (χ2n) is 9.51. The molecule has 7 aromatic rings. The molecule has 0 atom stereocenters. The molecule has 0 aliphatic carbocycles. The van der Waals surface area contributed by atoms with Crippen molar-refractivity contribution in [1.29, 1.82) is 0 Å². The molecular formula is C32H26N6+2. The molecule has 0 amide bonds. The molecule has 0 radical (unpaired) electrons. The summed E-state index contributed by atoms with van der Waals surface area (Å²) in [6.45, 7) is 1.63. The van der Waals surface area contributed by atoms with Crippen LogP contribution in [0.15, 0.2) is 135 Å². The minimum Gasteiger partial charge on any atom is -0.232 e. The van der Waals surface area contributed by atoms with Crippen LogP contribution in [0.2, 0.25) is 0 Å². The molecule has 0 saturated heterocycles. The monoisotopic (exact) mass is 494 g/mol. The maximum atomic E-state index is 5.06. The lowest BCUT2D eigenvalue weighted by atomic mass is 10.1. The number of fused-ring (bicyclic) bond motifs is 3. The highest BCUT2D eigenvalue weighted by Crippen LogP contribution is 2.24. The van der Waals surface area contributed by atoms with Crippen molar-refractivity contribution in [3.63, 3.8) is 0 Å². The summed E-state index contributed by atoms with van der Waals surface area (Å²) >= 11 is 0. The van der Waals surface area contributed by atoms with Gasteiger partial charge in [0.05, 0.1) is 0 Å². The number of nitrogens with zero attached hydrogens (tertiary/aromatic N) is 6. The molecule has 0 fully saturated rings. The lowest BCUT2D eigenvalue weighted by Gasteiger charge is -2.05. The maximum Gasteiger partial charge on any atom is 0.250 e. The van der Waals surface area contributed by atoms with Crippen LogP contribution in [0.3, 0.4) is 0 Å². The number of imidazole rings is 2. The first-order valence-electron chi connectivity index (χ1n) is 12.7. The zero-order chi connectivity index (χ0) is 25.3. The van der Waals surface area contributed by atoms with Crippen LogP contribution in [-0.4, -0.2) is 19.1 Å². The highest BCUT2D eigenvalue weighted by molar-refractivity contribution is 6.03. The van der Waals surface area contributed by atoms with Crippen LogP contribution < -0.4 is 9.13 Å². The van der Waals surface area contributed by atoms with Crippen LogP contribution in [0, 0.1) is 0 Å². The third-order valence-electron chi connectivity index (χ3n) is 6.82. The van der Waals surface area contributed by atoms with E-state index in [1.54, 1.807) is 0 Å². The quantitative estimate of drug-likeness (QED) is 0.240. The fraction of sp³-hybridized carbons (Fsp3) is 0.0625. The van der Waals surface area contributed by atoms with E-state index in [2.05, 4.69) is 128 Å². The molecular weight excluding hydrogens is 468 g/mol. The summed E-state index contributed by atoms with van der Waals surface area (Å²) in [5.41, 5.74) is 4.32. The molecule has 6 heteroatoms. The first-order chi connectivity index (χ1) is 18.8. The van der Waals surface area contributed by atoms with Crippen LogP contribution >= 0.6 is 0 Å². The Kier molecular flexibility index (Phi) is 5.48. The molecule has 0 spiro atoms. The smallest absolute Gasteiger partial charge is 0.232 e. The molecule has 0 unspecified atom stereocenters. The largest absolute Gasteiger partial charge is 0.250 e. The Balaban J connectivity index is 1.23. The summed E-state index contributed by atoms with van der Waals surface area (Å²) in [5.74, 6) is 1.73. The molecule has 6 nitrogen and oxygen atoms in total. The molecule has 0 aliphatic rings. The van der Waals surface area contributed by atoms with Crippen molar-refractivity contribution in [3.8, 4) is 11.6 Å². The topological polar surface area (TPSA) is 43.4 Å². The fourth-order valence-electron chi connectivity index (χ4n) is 4.87. The van der Waals surface area contributed by atoms with Gasteiger partial charge in [-0.05, 0) is 23.3 Å². The van der Waals surface area contributed by atoms with Gasteiger partial charge in [0, 0.05) is 22.9 Å². The van der Waals surface area contributed by atoms with Crippen LogP contribution in [0.5, 0.6) is 0 Å². The molecule has 182 valence electrons. The molecule has 0 bridgehead atoms. The molecule has 0 aliphatic heterocycles. The molecule has 4 aromatic heterocycles. The predicted molar refractivity (Wildman–Crippen MR) is 147 cm³/mol. The van der Waals surface area contributed by atoms with Gasteiger partial charge in [-0.15, -0.1) is 0 Å². The molecule has 38 heavy (non-hydrogen) atoms. The normalized spacial score (nSPS) is 11.4. The van der Waals surface area contributed by atoms with Gasteiger partial charge in [-0.1, -0.05) is 72.8 Å². The van der Waals surface area contributed by atoms with E-state index in [0.29, 0.717) is 0 Å². The molecule has 4 heterocycles. The Hall–Kier alpha value is -5.10. The van der Waals surface area contributed by atoms with Crippen LogP contribution in [0.1, 0.15) is 11.1 Å². The van der Waals surface area contributed by atoms with E-state index in [1.165, 1.54) is 11.1 Å². The maximum absolute atomic E-state index is 5.06. The second-order valence-corrected chi connectivity index (χ2v) is 9.51. The van der Waals surface area contributed by atoms with Crippen molar-refractivity contribution in [2.75, 3.05) is 0 Å². The van der Waals surface area contributed by atoms with Gasteiger partial charge in [-0.25, -0.2) is 19.1 Å². The number of hydrogen-bond donors (Lipinski definition) is 0. The predicted octanol–water partition coefficient (Wildman–Crippen LogP) is 5.04. The summed E-state index contributed by atoms with van der Waals surface area (Å²) in [5, 5.41) is 2.14. The summed E-state index contributed by atoms with van der Waals surface area (Å²) < 4.78 is 8.45. The summed E-state index contributed by atoms with van der Waals surface area (Å²) in [7, 11) is 0. The van der Waals surface area contributed by atoms with Crippen molar-refractivity contribution in [1.82, 2.24) is 19.1 Å². The Bertz CT molecular complexity index is 1730. The number of aromatic nitrogens is 6. The van der Waals surface area contributed by atoms with Crippen molar-refractivity contribution in [2.45, 2.75) is 13.1 Å². The average Bonchev–Trinajstić information content (AvgIpc) is 3.63. The Morgan fingerprint density at radius 1 is 0.500 bits per heavy atom. The van der Waals surface area contributed by atoms with Gasteiger partial charge in [0.15, 0.2) is 0 Å². The van der Waals surface area contributed by atoms with Crippen molar-refractivity contribution in [2.24, 2.45) is 0 Å². The zero-order valence-corrected chi connectivity index (χ0v) is 20.8. The first kappa shape index (κ1) is 22.1. The highest BCUT2D eigenvalue weighted by atomic mass is 15.2. The third-order valence-corrected chi connectivity index (χ3v) is 6.82. The number of benzene rings is 3. The Morgan fingerprint density at radius 2 is 0.921 bits per heavy atom. The number of hydrogen-bond acceptors (Lipinski definition) is 2. The Morgan fingerprint density at radius 3 is 1.37 bits per heavy atom. The van der Waals surface area contributed by atoms with E-state index < -0.39 is 0 Å². The van der Waals surface area contributed by atoms with E-state index in [0.717, 1.165) is 46.5 Å². The Labute approximate surface area is 220 Å². The molecule has 7 rings (SSSR count). The first-order valence-corrected chi connectivity index (χ1v) is 12.7.